The number of aliphatic hydroxyl groups is 2. The van der Waals surface area contributed by atoms with Gasteiger partial charge in [-0.2, -0.15) is 0 Å². The van der Waals surface area contributed by atoms with Crippen molar-refractivity contribution in [3.05, 3.63) is 0 Å². The van der Waals surface area contributed by atoms with E-state index < -0.39 is 17.4 Å². The molecule has 22 heavy (non-hydrogen) atoms. The van der Waals surface area contributed by atoms with Crippen molar-refractivity contribution < 1.29 is 29.0 Å². The zero-order valence-corrected chi connectivity index (χ0v) is 13.7. The third-order valence-corrected chi connectivity index (χ3v) is 3.05. The molecule has 0 aliphatic heterocycles. The third kappa shape index (κ3) is 10.7. The van der Waals surface area contributed by atoms with E-state index in [1.165, 1.54) is 0 Å². The molecule has 0 aromatic heterocycles. The first kappa shape index (κ1) is 24.3. The van der Waals surface area contributed by atoms with Crippen LogP contribution in [0.5, 0.6) is 0 Å². The summed E-state index contributed by atoms with van der Waals surface area (Å²) >= 11 is 0. The van der Waals surface area contributed by atoms with Crippen LogP contribution in [0.1, 0.15) is 20.3 Å². The van der Waals surface area contributed by atoms with Crippen LogP contribution in [-0.4, -0.2) is 118 Å². The second-order valence-electron chi connectivity index (χ2n) is 6.82. The molecule has 1 amide bonds. The normalized spacial score (nSPS) is 13.0. The van der Waals surface area contributed by atoms with Gasteiger partial charge in [-0.15, -0.1) is 0 Å². The summed E-state index contributed by atoms with van der Waals surface area (Å²) in [4.78, 5) is 23.1. The Hall–Kier alpha value is 0.0797. The molecular formula is C14H31CaN2O5+. The van der Waals surface area contributed by atoms with Crippen LogP contribution in [0.15, 0.2) is 0 Å². The van der Waals surface area contributed by atoms with Gasteiger partial charge < -0.3 is 24.7 Å². The second kappa shape index (κ2) is 10.8. The molecule has 0 saturated carbocycles. The second-order valence-corrected chi connectivity index (χ2v) is 6.82. The van der Waals surface area contributed by atoms with Gasteiger partial charge in [0.25, 0.3) is 0 Å². The standard InChI is InChI=1S/C14H28N2O5.Ca.2H/c1-14(2,10-17)12(19)13(20)15-7-6-11(18)21-9-8-16(3,4)5;;;/h12,17,19H,6-10H2,1-5H3;;;/p+1/t12-;;;/m0.../s1. The number of nitrogens with zero attached hydrogens (tertiary/aromatic N) is 1. The van der Waals surface area contributed by atoms with Gasteiger partial charge in [-0.25, -0.2) is 0 Å². The predicted molar refractivity (Wildman–Crippen MR) is 86.9 cm³/mol. The Morgan fingerprint density at radius 3 is 2.27 bits per heavy atom. The quantitative estimate of drug-likeness (QED) is 0.260. The summed E-state index contributed by atoms with van der Waals surface area (Å²) in [7, 11) is 6.00. The van der Waals surface area contributed by atoms with Crippen molar-refractivity contribution in [2.75, 3.05) is 47.4 Å². The summed E-state index contributed by atoms with van der Waals surface area (Å²) in [6.07, 6.45) is -1.27. The van der Waals surface area contributed by atoms with Gasteiger partial charge in [0.15, 0.2) is 0 Å². The average molecular weight is 347 g/mol. The van der Waals surface area contributed by atoms with E-state index >= 15 is 0 Å². The number of quaternary nitrogens is 1. The molecule has 0 rings (SSSR count). The molecule has 0 heterocycles. The van der Waals surface area contributed by atoms with Crippen molar-refractivity contribution in [1.82, 2.24) is 5.32 Å². The third-order valence-electron chi connectivity index (χ3n) is 3.05. The number of ether oxygens (including phenoxy) is 1. The van der Waals surface area contributed by atoms with E-state index in [0.717, 1.165) is 0 Å². The molecule has 0 aliphatic carbocycles. The molecule has 0 unspecified atom stereocenters. The van der Waals surface area contributed by atoms with Crippen LogP contribution in [0.25, 0.3) is 0 Å². The van der Waals surface area contributed by atoms with Gasteiger partial charge in [-0.1, -0.05) is 13.8 Å². The van der Waals surface area contributed by atoms with Crippen molar-refractivity contribution in [2.24, 2.45) is 5.41 Å². The Labute approximate surface area is 162 Å². The Balaban J connectivity index is 0. The number of rotatable bonds is 9. The van der Waals surface area contributed by atoms with E-state index in [4.69, 9.17) is 9.84 Å². The molecule has 0 fully saturated rings. The molecule has 0 radical (unpaired) electrons. The first-order valence-corrected chi connectivity index (χ1v) is 7.02. The molecule has 0 aliphatic rings. The molecule has 1 atom stereocenters. The molecule has 0 saturated heterocycles. The monoisotopic (exact) mass is 347 g/mol. The Kier molecular flexibility index (Phi) is 11.9. The van der Waals surface area contributed by atoms with Crippen molar-refractivity contribution in [3.8, 4) is 0 Å². The van der Waals surface area contributed by atoms with Crippen molar-refractivity contribution in [3.63, 3.8) is 0 Å². The van der Waals surface area contributed by atoms with Gasteiger partial charge in [0.2, 0.25) is 5.91 Å². The molecular weight excluding hydrogens is 316 g/mol. The number of hydrogen-bond donors (Lipinski definition) is 3. The molecule has 3 N–H and O–H groups in total. The number of hydrogen-bond acceptors (Lipinski definition) is 5. The molecule has 0 spiro atoms. The number of nitrogens with one attached hydrogen (secondary N) is 1. The van der Waals surface area contributed by atoms with Crippen LogP contribution >= 0.6 is 0 Å². The topological polar surface area (TPSA) is 95.9 Å². The van der Waals surface area contributed by atoms with Crippen LogP contribution in [0.3, 0.4) is 0 Å². The average Bonchev–Trinajstić information content (AvgIpc) is 2.36. The first-order valence-electron chi connectivity index (χ1n) is 7.02. The Morgan fingerprint density at radius 1 is 1.27 bits per heavy atom. The number of amides is 1. The minimum absolute atomic E-state index is 0. The van der Waals surface area contributed by atoms with Crippen LogP contribution in [-0.2, 0) is 14.3 Å². The molecule has 8 heteroatoms. The van der Waals surface area contributed by atoms with Crippen LogP contribution in [0.4, 0.5) is 0 Å². The molecule has 7 nitrogen and oxygen atoms in total. The zero-order valence-electron chi connectivity index (χ0n) is 13.7. The minimum atomic E-state index is -1.32. The summed E-state index contributed by atoms with van der Waals surface area (Å²) < 4.78 is 5.74. The first-order chi connectivity index (χ1) is 9.49. The van der Waals surface area contributed by atoms with Gasteiger partial charge >= 0.3 is 43.7 Å². The maximum atomic E-state index is 11.6. The van der Waals surface area contributed by atoms with Crippen LogP contribution < -0.4 is 5.32 Å². The number of likely N-dealkylation sites (N-methyl/N-ethyl adjacent to an activating group) is 1. The number of carbonyl (C=O) groups is 2. The fourth-order valence-corrected chi connectivity index (χ4v) is 1.33. The van der Waals surface area contributed by atoms with Gasteiger partial charge in [-0.3, -0.25) is 9.59 Å². The van der Waals surface area contributed by atoms with Crippen molar-refractivity contribution in [1.29, 1.82) is 0 Å². The molecule has 0 bridgehead atoms. The summed E-state index contributed by atoms with van der Waals surface area (Å²) in [5.41, 5.74) is -0.921. The van der Waals surface area contributed by atoms with E-state index in [1.807, 2.05) is 21.1 Å². The van der Waals surface area contributed by atoms with E-state index in [1.54, 1.807) is 13.8 Å². The zero-order chi connectivity index (χ0) is 16.7. The van der Waals surface area contributed by atoms with E-state index in [0.29, 0.717) is 17.6 Å². The number of aliphatic hydroxyl groups excluding tert-OH is 2. The summed E-state index contributed by atoms with van der Waals surface area (Å²) in [6.45, 7) is 3.99. The number of esters is 1. The number of carbonyl (C=O) groups excluding carboxylic acids is 2. The van der Waals surface area contributed by atoms with Gasteiger partial charge in [-0.05, 0) is 0 Å². The Morgan fingerprint density at radius 2 is 1.82 bits per heavy atom. The van der Waals surface area contributed by atoms with Gasteiger partial charge in [0, 0.05) is 12.0 Å². The molecule has 128 valence electrons. The molecule has 0 aromatic rings. The summed E-state index contributed by atoms with van der Waals surface area (Å²) in [6, 6.07) is 0. The Bertz CT molecular complexity index is 356. The van der Waals surface area contributed by atoms with Crippen molar-refractivity contribution >= 4 is 49.6 Å². The van der Waals surface area contributed by atoms with Crippen LogP contribution in [0, 0.1) is 5.41 Å². The maximum absolute atomic E-state index is 11.6. The summed E-state index contributed by atoms with van der Waals surface area (Å²) in [5, 5.41) is 21.3. The SMILES string of the molecule is CC(C)(CO)[C@@H](O)C(=O)NCCC(=O)OCC[N+](C)(C)C.[CaH2]. The van der Waals surface area contributed by atoms with E-state index in [2.05, 4.69) is 5.32 Å². The fourth-order valence-electron chi connectivity index (χ4n) is 1.33. The fraction of sp³-hybridized carbons (Fsp3) is 0.857. The van der Waals surface area contributed by atoms with Crippen LogP contribution in [0.2, 0.25) is 0 Å². The van der Waals surface area contributed by atoms with Crippen molar-refractivity contribution in [2.45, 2.75) is 26.4 Å². The summed E-state index contributed by atoms with van der Waals surface area (Å²) in [5.74, 6) is -0.993. The molecule has 0 aromatic carbocycles. The van der Waals surface area contributed by atoms with E-state index in [9.17, 15) is 14.7 Å². The van der Waals surface area contributed by atoms with Gasteiger partial charge in [0.05, 0.1) is 34.2 Å². The predicted octanol–water partition coefficient (Wildman–Crippen LogP) is -1.79. The van der Waals surface area contributed by atoms with Gasteiger partial charge in [0.1, 0.15) is 19.3 Å². The van der Waals surface area contributed by atoms with E-state index in [-0.39, 0.29) is 63.3 Å².